The van der Waals surface area contributed by atoms with Gasteiger partial charge in [0.05, 0.1) is 17.3 Å². The SMILES string of the molecule is Cc1nc(CC(C)C)c(C(=O)N2CC(CO)c3ccccc32)s1. The van der Waals surface area contributed by atoms with Gasteiger partial charge in [-0.15, -0.1) is 11.3 Å². The van der Waals surface area contributed by atoms with Crippen LogP contribution in [0.1, 0.15) is 45.7 Å². The van der Waals surface area contributed by atoms with Crippen LogP contribution in [0.2, 0.25) is 0 Å². The third-order valence-corrected chi connectivity index (χ3v) is 5.14. The van der Waals surface area contributed by atoms with E-state index in [9.17, 15) is 9.90 Å². The number of carbonyl (C=O) groups excluding carboxylic acids is 1. The number of hydrogen-bond donors (Lipinski definition) is 1. The topological polar surface area (TPSA) is 53.4 Å². The van der Waals surface area contributed by atoms with Gasteiger partial charge in [-0.05, 0) is 30.9 Å². The molecule has 122 valence electrons. The van der Waals surface area contributed by atoms with E-state index in [2.05, 4.69) is 18.8 Å². The number of carbonyl (C=O) groups is 1. The van der Waals surface area contributed by atoms with Crippen molar-refractivity contribution < 1.29 is 9.90 Å². The number of para-hydroxylation sites is 1. The van der Waals surface area contributed by atoms with E-state index in [1.165, 1.54) is 11.3 Å². The zero-order chi connectivity index (χ0) is 16.6. The second-order valence-electron chi connectivity index (χ2n) is 6.46. The van der Waals surface area contributed by atoms with Gasteiger partial charge in [0.15, 0.2) is 0 Å². The van der Waals surface area contributed by atoms with E-state index in [4.69, 9.17) is 0 Å². The van der Waals surface area contributed by atoms with Gasteiger partial charge in [0.2, 0.25) is 0 Å². The van der Waals surface area contributed by atoms with Gasteiger partial charge in [-0.2, -0.15) is 0 Å². The quantitative estimate of drug-likeness (QED) is 0.935. The van der Waals surface area contributed by atoms with Gasteiger partial charge in [0.1, 0.15) is 4.88 Å². The van der Waals surface area contributed by atoms with Crippen molar-refractivity contribution in [3.05, 3.63) is 45.4 Å². The summed E-state index contributed by atoms with van der Waals surface area (Å²) in [6, 6.07) is 7.84. The molecule has 1 N–H and O–H groups in total. The maximum absolute atomic E-state index is 13.1. The number of amides is 1. The number of aryl methyl sites for hydroxylation is 1. The van der Waals surface area contributed by atoms with Crippen molar-refractivity contribution in [1.29, 1.82) is 0 Å². The van der Waals surface area contributed by atoms with Crippen molar-refractivity contribution in [1.82, 2.24) is 4.98 Å². The zero-order valence-corrected chi connectivity index (χ0v) is 14.6. The summed E-state index contributed by atoms with van der Waals surface area (Å²) in [6.45, 7) is 6.81. The Morgan fingerprint density at radius 1 is 1.43 bits per heavy atom. The first-order valence-corrected chi connectivity index (χ1v) is 8.80. The molecule has 1 unspecified atom stereocenters. The average molecular weight is 330 g/mol. The zero-order valence-electron chi connectivity index (χ0n) is 13.7. The number of anilines is 1. The minimum Gasteiger partial charge on any atom is -0.396 e. The van der Waals surface area contributed by atoms with E-state index < -0.39 is 0 Å². The normalized spacial score (nSPS) is 16.9. The largest absolute Gasteiger partial charge is 0.396 e. The highest BCUT2D eigenvalue weighted by Gasteiger charge is 2.34. The monoisotopic (exact) mass is 330 g/mol. The highest BCUT2D eigenvalue weighted by atomic mass is 32.1. The minimum absolute atomic E-state index is 0.00211. The molecule has 0 bridgehead atoms. The number of hydrogen-bond acceptors (Lipinski definition) is 4. The van der Waals surface area contributed by atoms with Crippen LogP contribution in [0.15, 0.2) is 24.3 Å². The first kappa shape index (κ1) is 16.1. The number of rotatable bonds is 4. The molecule has 0 spiro atoms. The van der Waals surface area contributed by atoms with Crippen LogP contribution in [0.5, 0.6) is 0 Å². The number of nitrogens with zero attached hydrogens (tertiary/aromatic N) is 2. The van der Waals surface area contributed by atoms with Crippen LogP contribution in [0.4, 0.5) is 5.69 Å². The Morgan fingerprint density at radius 2 is 2.17 bits per heavy atom. The van der Waals surface area contributed by atoms with Gasteiger partial charge in [0, 0.05) is 18.2 Å². The van der Waals surface area contributed by atoms with Gasteiger partial charge >= 0.3 is 0 Å². The molecule has 1 amide bonds. The summed E-state index contributed by atoms with van der Waals surface area (Å²) >= 11 is 1.47. The molecule has 1 atom stereocenters. The molecule has 4 nitrogen and oxygen atoms in total. The Bertz CT molecular complexity index is 724. The van der Waals surface area contributed by atoms with Crippen LogP contribution in [0, 0.1) is 12.8 Å². The van der Waals surface area contributed by atoms with Crippen LogP contribution < -0.4 is 4.90 Å². The van der Waals surface area contributed by atoms with Gasteiger partial charge in [-0.3, -0.25) is 4.79 Å². The molecule has 2 heterocycles. The van der Waals surface area contributed by atoms with Crippen molar-refractivity contribution in [3.8, 4) is 0 Å². The molecule has 23 heavy (non-hydrogen) atoms. The molecule has 0 saturated carbocycles. The number of aliphatic hydroxyl groups is 1. The molecular formula is C18H22N2O2S. The molecule has 3 rings (SSSR count). The molecule has 0 fully saturated rings. The fourth-order valence-corrected chi connectivity index (χ4v) is 4.02. The highest BCUT2D eigenvalue weighted by Crippen LogP contribution is 2.37. The molecule has 1 aliphatic rings. The standard InChI is InChI=1S/C18H22N2O2S/c1-11(2)8-15-17(23-12(3)19-15)18(22)20-9-13(10-21)14-6-4-5-7-16(14)20/h4-7,11,13,21H,8-10H2,1-3H3. The van der Waals surface area contributed by atoms with Gasteiger partial charge in [0.25, 0.3) is 5.91 Å². The lowest BCUT2D eigenvalue weighted by Gasteiger charge is -2.17. The molecular weight excluding hydrogens is 308 g/mol. The number of thiazole rings is 1. The third kappa shape index (κ3) is 3.03. The van der Waals surface area contributed by atoms with Crippen molar-refractivity contribution in [2.45, 2.75) is 33.1 Å². The van der Waals surface area contributed by atoms with E-state index in [-0.39, 0.29) is 18.4 Å². The molecule has 1 aliphatic heterocycles. The summed E-state index contributed by atoms with van der Waals surface area (Å²) in [7, 11) is 0. The predicted octanol–water partition coefficient (Wildman–Crippen LogP) is 3.39. The van der Waals surface area contributed by atoms with Crippen LogP contribution in [-0.4, -0.2) is 29.1 Å². The Morgan fingerprint density at radius 3 is 2.87 bits per heavy atom. The molecule has 5 heteroatoms. The fourth-order valence-electron chi connectivity index (χ4n) is 3.13. The smallest absolute Gasteiger partial charge is 0.270 e. The van der Waals surface area contributed by atoms with Crippen LogP contribution >= 0.6 is 11.3 Å². The van der Waals surface area contributed by atoms with Crippen LogP contribution in [0.25, 0.3) is 0 Å². The third-order valence-electron chi connectivity index (χ3n) is 4.14. The van der Waals surface area contributed by atoms with Crippen molar-refractivity contribution in [2.75, 3.05) is 18.1 Å². The van der Waals surface area contributed by atoms with Gasteiger partial charge in [-0.25, -0.2) is 4.98 Å². The molecule has 2 aromatic rings. The summed E-state index contributed by atoms with van der Waals surface area (Å²) in [4.78, 5) is 20.2. The summed E-state index contributed by atoms with van der Waals surface area (Å²) in [5, 5.41) is 10.5. The lowest BCUT2D eigenvalue weighted by molar-refractivity contribution is 0.0989. The molecule has 0 radical (unpaired) electrons. The second kappa shape index (κ2) is 6.42. The highest BCUT2D eigenvalue weighted by molar-refractivity contribution is 7.13. The van der Waals surface area contributed by atoms with E-state index in [0.717, 1.165) is 33.3 Å². The molecule has 0 saturated heterocycles. The van der Waals surface area contributed by atoms with E-state index in [1.54, 1.807) is 4.90 Å². The Hall–Kier alpha value is -1.72. The van der Waals surface area contributed by atoms with Crippen molar-refractivity contribution in [3.63, 3.8) is 0 Å². The fraction of sp³-hybridized carbons (Fsp3) is 0.444. The molecule has 1 aromatic heterocycles. The number of benzene rings is 1. The lowest BCUT2D eigenvalue weighted by atomic mass is 10.0. The first-order valence-electron chi connectivity index (χ1n) is 7.99. The average Bonchev–Trinajstić information content (AvgIpc) is 3.06. The maximum atomic E-state index is 13.1. The first-order chi connectivity index (χ1) is 11.0. The summed E-state index contributed by atoms with van der Waals surface area (Å²) in [6.07, 6.45) is 0.810. The summed E-state index contributed by atoms with van der Waals surface area (Å²) < 4.78 is 0. The van der Waals surface area contributed by atoms with E-state index in [1.807, 2.05) is 31.2 Å². The van der Waals surface area contributed by atoms with Crippen LogP contribution in [0.3, 0.4) is 0 Å². The van der Waals surface area contributed by atoms with E-state index >= 15 is 0 Å². The Balaban J connectivity index is 1.96. The number of fused-ring (bicyclic) bond motifs is 1. The summed E-state index contributed by atoms with van der Waals surface area (Å²) in [5.41, 5.74) is 2.87. The predicted molar refractivity (Wildman–Crippen MR) is 93.3 cm³/mol. The van der Waals surface area contributed by atoms with Gasteiger partial charge < -0.3 is 10.0 Å². The second-order valence-corrected chi connectivity index (χ2v) is 7.66. The van der Waals surface area contributed by atoms with E-state index in [0.29, 0.717) is 12.5 Å². The Labute approximate surface area is 140 Å². The van der Waals surface area contributed by atoms with Crippen LogP contribution in [-0.2, 0) is 6.42 Å². The molecule has 1 aromatic carbocycles. The molecule has 0 aliphatic carbocycles. The minimum atomic E-state index is -0.00211. The van der Waals surface area contributed by atoms with Gasteiger partial charge in [-0.1, -0.05) is 32.0 Å². The lowest BCUT2D eigenvalue weighted by Crippen LogP contribution is -2.30. The van der Waals surface area contributed by atoms with Crippen molar-refractivity contribution in [2.24, 2.45) is 5.92 Å². The maximum Gasteiger partial charge on any atom is 0.270 e. The summed E-state index contributed by atoms with van der Waals surface area (Å²) in [5.74, 6) is 0.464. The number of aliphatic hydroxyl groups excluding tert-OH is 1. The Kier molecular flexibility index (Phi) is 4.50. The number of aromatic nitrogens is 1. The van der Waals surface area contributed by atoms with Crippen molar-refractivity contribution >= 4 is 22.9 Å².